The molecule has 4 nitrogen and oxygen atoms in total. The van der Waals surface area contributed by atoms with Crippen molar-refractivity contribution in [2.75, 3.05) is 0 Å². The first kappa shape index (κ1) is 31.6. The van der Waals surface area contributed by atoms with Gasteiger partial charge in [0, 0.05) is 21.5 Å². The van der Waals surface area contributed by atoms with Crippen molar-refractivity contribution in [3.63, 3.8) is 0 Å². The molecule has 0 spiro atoms. The number of fused-ring (bicyclic) bond motifs is 10. The summed E-state index contributed by atoms with van der Waals surface area (Å²) in [4.78, 5) is 0. The van der Waals surface area contributed by atoms with Crippen LogP contribution >= 0.6 is 0 Å². The number of aromatic nitrogens is 2. The molecule has 4 heteroatoms. The molecule has 0 atom stereocenters. The van der Waals surface area contributed by atoms with Gasteiger partial charge in [-0.15, -0.1) is 0 Å². The number of rotatable bonds is 4. The van der Waals surface area contributed by atoms with E-state index in [9.17, 15) is 10.5 Å². The van der Waals surface area contributed by atoms with Crippen LogP contribution in [0.2, 0.25) is 0 Å². The van der Waals surface area contributed by atoms with Crippen LogP contribution in [0.4, 0.5) is 0 Å². The van der Waals surface area contributed by atoms with Crippen molar-refractivity contribution in [1.29, 1.82) is 10.5 Å². The SMILES string of the molecule is N#Cc1ccc(-n2c3ccc(-c4ccccc4)cc3c3c4ccccc4ccc32)c(-n2c3ccc(-c4ccccc4)cc3c3c4ccccc4ccc32)c1C#N. The lowest BCUT2D eigenvalue weighted by atomic mass is 10.0. The molecular formula is C52H30N4. The van der Waals surface area contributed by atoms with Crippen LogP contribution in [-0.4, -0.2) is 9.13 Å². The standard InChI is InChI=1S/C52H30N4/c53-31-39-23-28-49(55-45-24-21-37(33-11-3-1-4-12-33)29-42(45)50-40-17-9-7-15-35(40)19-26-47(50)55)52(44(39)32-54)56-46-25-22-38(34-13-5-2-6-14-34)30-43(46)51-41-18-10-8-16-36(41)20-27-48(51)56/h1-30H. The summed E-state index contributed by atoms with van der Waals surface area (Å²) >= 11 is 0. The summed E-state index contributed by atoms with van der Waals surface area (Å²) < 4.78 is 4.51. The molecule has 0 saturated heterocycles. The zero-order chi connectivity index (χ0) is 37.3. The Labute approximate surface area is 322 Å². The van der Waals surface area contributed by atoms with E-state index in [0.717, 1.165) is 93.1 Å². The lowest BCUT2D eigenvalue weighted by Gasteiger charge is -2.19. The van der Waals surface area contributed by atoms with Gasteiger partial charge in [-0.1, -0.05) is 133 Å². The van der Waals surface area contributed by atoms with E-state index in [4.69, 9.17) is 0 Å². The Morgan fingerprint density at radius 2 is 0.839 bits per heavy atom. The lowest BCUT2D eigenvalue weighted by Crippen LogP contribution is -2.07. The highest BCUT2D eigenvalue weighted by Crippen LogP contribution is 2.44. The van der Waals surface area contributed by atoms with E-state index in [0.29, 0.717) is 16.8 Å². The Morgan fingerprint density at radius 3 is 1.38 bits per heavy atom. The van der Waals surface area contributed by atoms with E-state index in [1.165, 1.54) is 0 Å². The first-order valence-corrected chi connectivity index (χ1v) is 18.7. The second-order valence-electron chi connectivity index (χ2n) is 14.3. The predicted octanol–water partition coefficient (Wildman–Crippen LogP) is 13.3. The van der Waals surface area contributed by atoms with Crippen LogP contribution in [0, 0.1) is 22.7 Å². The first-order valence-electron chi connectivity index (χ1n) is 18.7. The summed E-state index contributed by atoms with van der Waals surface area (Å²) in [5, 5.41) is 30.6. The molecule has 258 valence electrons. The fourth-order valence-corrected chi connectivity index (χ4v) is 8.90. The number of hydrogen-bond acceptors (Lipinski definition) is 2. The monoisotopic (exact) mass is 710 g/mol. The zero-order valence-corrected chi connectivity index (χ0v) is 30.1. The Morgan fingerprint density at radius 1 is 0.357 bits per heavy atom. The third kappa shape index (κ3) is 4.57. The number of benzene rings is 9. The van der Waals surface area contributed by atoms with Gasteiger partial charge in [0.15, 0.2) is 0 Å². The average Bonchev–Trinajstić information content (AvgIpc) is 3.78. The molecule has 9 aromatic carbocycles. The molecule has 0 aliphatic carbocycles. The molecule has 56 heavy (non-hydrogen) atoms. The van der Waals surface area contributed by atoms with Crippen LogP contribution in [-0.2, 0) is 0 Å². The number of nitriles is 2. The minimum absolute atomic E-state index is 0.334. The molecule has 0 bridgehead atoms. The van der Waals surface area contributed by atoms with Gasteiger partial charge in [0.1, 0.15) is 12.1 Å². The van der Waals surface area contributed by atoms with Crippen LogP contribution in [0.1, 0.15) is 11.1 Å². The first-order chi connectivity index (χ1) is 27.7. The maximum atomic E-state index is 11.1. The van der Waals surface area contributed by atoms with Crippen LogP contribution in [0.5, 0.6) is 0 Å². The van der Waals surface area contributed by atoms with Gasteiger partial charge in [-0.05, 0) is 92.3 Å². The highest BCUT2D eigenvalue weighted by molar-refractivity contribution is 6.24. The topological polar surface area (TPSA) is 57.4 Å². The van der Waals surface area contributed by atoms with Gasteiger partial charge in [-0.2, -0.15) is 10.5 Å². The maximum Gasteiger partial charge on any atom is 0.103 e. The van der Waals surface area contributed by atoms with Crippen LogP contribution < -0.4 is 0 Å². The van der Waals surface area contributed by atoms with E-state index in [2.05, 4.69) is 179 Å². The van der Waals surface area contributed by atoms with Crippen molar-refractivity contribution in [2.45, 2.75) is 0 Å². The second-order valence-corrected chi connectivity index (χ2v) is 14.3. The normalized spacial score (nSPS) is 11.5. The Hall–Kier alpha value is -7.92. The van der Waals surface area contributed by atoms with Gasteiger partial charge < -0.3 is 9.13 Å². The minimum Gasteiger partial charge on any atom is -0.307 e. The summed E-state index contributed by atoms with van der Waals surface area (Å²) in [5.41, 5.74) is 10.7. The molecule has 0 N–H and O–H groups in total. The molecule has 0 aliphatic heterocycles. The molecule has 2 aromatic heterocycles. The van der Waals surface area contributed by atoms with Gasteiger partial charge in [0.2, 0.25) is 0 Å². The van der Waals surface area contributed by atoms with Gasteiger partial charge in [-0.25, -0.2) is 0 Å². The third-order valence-corrected chi connectivity index (χ3v) is 11.4. The molecule has 0 unspecified atom stereocenters. The van der Waals surface area contributed by atoms with Gasteiger partial charge >= 0.3 is 0 Å². The molecule has 0 radical (unpaired) electrons. The molecule has 11 aromatic rings. The minimum atomic E-state index is 0.334. The Balaban J connectivity index is 1.31. The number of hydrogen-bond donors (Lipinski definition) is 0. The van der Waals surface area contributed by atoms with E-state index < -0.39 is 0 Å². The largest absolute Gasteiger partial charge is 0.307 e. The molecule has 0 saturated carbocycles. The van der Waals surface area contributed by atoms with Crippen LogP contribution in [0.15, 0.2) is 182 Å². The summed E-state index contributed by atoms with van der Waals surface area (Å²) in [6, 6.07) is 68.6. The summed E-state index contributed by atoms with van der Waals surface area (Å²) in [7, 11) is 0. The molecule has 11 rings (SSSR count). The van der Waals surface area contributed by atoms with E-state index in [1.807, 2.05) is 18.2 Å². The van der Waals surface area contributed by atoms with E-state index >= 15 is 0 Å². The molecule has 0 aliphatic rings. The smallest absolute Gasteiger partial charge is 0.103 e. The maximum absolute atomic E-state index is 11.1. The third-order valence-electron chi connectivity index (χ3n) is 11.4. The average molecular weight is 711 g/mol. The highest BCUT2D eigenvalue weighted by atomic mass is 15.1. The Kier molecular flexibility index (Phi) is 6.95. The summed E-state index contributed by atoms with van der Waals surface area (Å²) in [6.07, 6.45) is 0. The van der Waals surface area contributed by atoms with Crippen molar-refractivity contribution >= 4 is 65.2 Å². The highest BCUT2D eigenvalue weighted by Gasteiger charge is 2.25. The van der Waals surface area contributed by atoms with E-state index in [1.54, 1.807) is 6.07 Å². The van der Waals surface area contributed by atoms with Crippen molar-refractivity contribution < 1.29 is 0 Å². The van der Waals surface area contributed by atoms with Gasteiger partial charge in [0.05, 0.1) is 44.6 Å². The summed E-state index contributed by atoms with van der Waals surface area (Å²) in [6.45, 7) is 0. The van der Waals surface area contributed by atoms with Gasteiger partial charge in [0.25, 0.3) is 0 Å². The molecule has 0 amide bonds. The fourth-order valence-electron chi connectivity index (χ4n) is 8.90. The Bertz CT molecular complexity index is 3480. The van der Waals surface area contributed by atoms with Gasteiger partial charge in [-0.3, -0.25) is 0 Å². The van der Waals surface area contributed by atoms with Crippen molar-refractivity contribution in [2.24, 2.45) is 0 Å². The van der Waals surface area contributed by atoms with Crippen molar-refractivity contribution in [3.8, 4) is 45.8 Å². The summed E-state index contributed by atoms with van der Waals surface area (Å²) in [5.74, 6) is 0. The van der Waals surface area contributed by atoms with Crippen LogP contribution in [0.3, 0.4) is 0 Å². The van der Waals surface area contributed by atoms with Crippen molar-refractivity contribution in [1.82, 2.24) is 9.13 Å². The number of nitrogens with zero attached hydrogens (tertiary/aromatic N) is 4. The lowest BCUT2D eigenvalue weighted by molar-refractivity contribution is 1.08. The van der Waals surface area contributed by atoms with Crippen LogP contribution in [0.25, 0.3) is 98.8 Å². The molecule has 0 fully saturated rings. The molecular weight excluding hydrogens is 681 g/mol. The predicted molar refractivity (Wildman–Crippen MR) is 230 cm³/mol. The molecule has 2 heterocycles. The quantitative estimate of drug-likeness (QED) is 0.183. The zero-order valence-electron chi connectivity index (χ0n) is 30.1. The second kappa shape index (κ2) is 12.3. The van der Waals surface area contributed by atoms with Crippen molar-refractivity contribution in [3.05, 3.63) is 193 Å². The van der Waals surface area contributed by atoms with E-state index in [-0.39, 0.29) is 0 Å². The fraction of sp³-hybridized carbons (Fsp3) is 0.